The van der Waals surface area contributed by atoms with Gasteiger partial charge in [0.2, 0.25) is 0 Å². The van der Waals surface area contributed by atoms with E-state index in [1.807, 2.05) is 11.3 Å². The van der Waals surface area contributed by atoms with Crippen LogP contribution in [0.4, 0.5) is 34.1 Å². The van der Waals surface area contributed by atoms with Gasteiger partial charge in [-0.3, -0.25) is 0 Å². The molecule has 344 valence electrons. The molecule has 13 rings (SSSR count). The normalized spacial score (nSPS) is 11.3. The summed E-state index contributed by atoms with van der Waals surface area (Å²) in [6.07, 6.45) is 0. The van der Waals surface area contributed by atoms with Crippen molar-refractivity contribution in [3.8, 4) is 55.6 Å². The lowest BCUT2D eigenvalue weighted by Gasteiger charge is -2.30. The van der Waals surface area contributed by atoms with E-state index in [2.05, 4.69) is 301 Å². The molecule has 0 bridgehead atoms. The van der Waals surface area contributed by atoms with E-state index in [0.717, 1.165) is 45.3 Å². The fraction of sp³-hybridized carbons (Fsp3) is 0. The van der Waals surface area contributed by atoms with Crippen molar-refractivity contribution in [1.29, 1.82) is 0 Å². The minimum atomic E-state index is 1.06. The first-order valence-electron chi connectivity index (χ1n) is 24.9. The van der Waals surface area contributed by atoms with Crippen molar-refractivity contribution in [2.24, 2.45) is 0 Å². The standard InChI is InChI=1S/C70H48N2S/c1-4-18-49(19-5-1)52-34-40-56(41-35-52)71(57-42-36-53(37-43-57)50-20-6-2-7-21-50)66-31-14-12-26-60(66)55-24-16-25-59(48-55)72(58-44-38-54(39-45-58)51-22-8-3-9-23-51)67-47-46-62(61-27-10-11-28-63(61)67)64-30-17-33-69-70(64)65-29-13-15-32-68(65)73-69/h1-48H. The Morgan fingerprint density at radius 1 is 0.219 bits per heavy atom. The van der Waals surface area contributed by atoms with Gasteiger partial charge in [0, 0.05) is 53.9 Å². The lowest BCUT2D eigenvalue weighted by molar-refractivity contribution is 1.28. The predicted molar refractivity (Wildman–Crippen MR) is 313 cm³/mol. The molecule has 0 saturated carbocycles. The second-order valence-electron chi connectivity index (χ2n) is 18.4. The van der Waals surface area contributed by atoms with Gasteiger partial charge >= 0.3 is 0 Å². The van der Waals surface area contributed by atoms with Crippen molar-refractivity contribution < 1.29 is 0 Å². The van der Waals surface area contributed by atoms with Crippen LogP contribution in [0.3, 0.4) is 0 Å². The number of hydrogen-bond acceptors (Lipinski definition) is 3. The van der Waals surface area contributed by atoms with Crippen LogP contribution in [0.2, 0.25) is 0 Å². The molecular formula is C70H48N2S. The summed E-state index contributed by atoms with van der Waals surface area (Å²) in [6, 6.07) is 106. The molecule has 0 aliphatic carbocycles. The zero-order valence-electron chi connectivity index (χ0n) is 40.0. The van der Waals surface area contributed by atoms with Gasteiger partial charge in [-0.05, 0) is 128 Å². The molecule has 13 aromatic rings. The van der Waals surface area contributed by atoms with E-state index in [4.69, 9.17) is 0 Å². The molecular weight excluding hydrogens is 901 g/mol. The summed E-state index contributed by atoms with van der Waals surface area (Å²) >= 11 is 1.87. The molecule has 0 saturated heterocycles. The Kier molecular flexibility index (Phi) is 11.5. The van der Waals surface area contributed by atoms with Crippen LogP contribution in [-0.4, -0.2) is 0 Å². The minimum absolute atomic E-state index is 1.06. The van der Waals surface area contributed by atoms with Crippen LogP contribution in [0.15, 0.2) is 291 Å². The monoisotopic (exact) mass is 948 g/mol. The first kappa shape index (κ1) is 43.7. The molecule has 0 atom stereocenters. The Bertz CT molecular complexity index is 3970. The topological polar surface area (TPSA) is 6.48 Å². The highest BCUT2D eigenvalue weighted by Crippen LogP contribution is 2.48. The fourth-order valence-electron chi connectivity index (χ4n) is 10.6. The maximum atomic E-state index is 2.44. The second-order valence-corrected chi connectivity index (χ2v) is 19.5. The van der Waals surface area contributed by atoms with Crippen LogP contribution in [0.1, 0.15) is 0 Å². The number of fused-ring (bicyclic) bond motifs is 4. The minimum Gasteiger partial charge on any atom is -0.310 e. The number of nitrogens with zero attached hydrogens (tertiary/aromatic N) is 2. The molecule has 0 aliphatic rings. The van der Waals surface area contributed by atoms with E-state index in [9.17, 15) is 0 Å². The Morgan fingerprint density at radius 2 is 0.644 bits per heavy atom. The third-order valence-electron chi connectivity index (χ3n) is 14.1. The summed E-state index contributed by atoms with van der Waals surface area (Å²) < 4.78 is 2.61. The average Bonchev–Trinajstić information content (AvgIpc) is 3.86. The molecule has 73 heavy (non-hydrogen) atoms. The molecule has 0 fully saturated rings. The number of anilines is 6. The van der Waals surface area contributed by atoms with Crippen LogP contribution in [0.25, 0.3) is 86.6 Å². The first-order chi connectivity index (χ1) is 36.2. The molecule has 2 nitrogen and oxygen atoms in total. The molecule has 0 amide bonds. The molecule has 0 spiro atoms. The maximum Gasteiger partial charge on any atom is 0.0540 e. The highest BCUT2D eigenvalue weighted by Gasteiger charge is 2.22. The number of benzene rings is 12. The van der Waals surface area contributed by atoms with Crippen LogP contribution in [0.5, 0.6) is 0 Å². The zero-order chi connectivity index (χ0) is 48.5. The van der Waals surface area contributed by atoms with E-state index in [1.54, 1.807) is 0 Å². The maximum absolute atomic E-state index is 2.44. The Hall–Kier alpha value is -9.28. The van der Waals surface area contributed by atoms with Gasteiger partial charge in [-0.15, -0.1) is 11.3 Å². The Morgan fingerprint density at radius 3 is 1.23 bits per heavy atom. The largest absolute Gasteiger partial charge is 0.310 e. The lowest BCUT2D eigenvalue weighted by atomic mass is 9.93. The predicted octanol–water partition coefficient (Wildman–Crippen LogP) is 20.5. The summed E-state index contributed by atoms with van der Waals surface area (Å²) in [5.74, 6) is 0. The number of thiophene rings is 1. The summed E-state index contributed by atoms with van der Waals surface area (Å²) in [6.45, 7) is 0. The van der Waals surface area contributed by atoms with Gasteiger partial charge in [0.1, 0.15) is 0 Å². The van der Waals surface area contributed by atoms with Crippen LogP contribution < -0.4 is 9.80 Å². The van der Waals surface area contributed by atoms with E-state index in [0.29, 0.717) is 0 Å². The summed E-state index contributed by atoms with van der Waals surface area (Å²) in [5, 5.41) is 5.01. The molecule has 0 N–H and O–H groups in total. The average molecular weight is 949 g/mol. The highest BCUT2D eigenvalue weighted by molar-refractivity contribution is 7.25. The summed E-state index contributed by atoms with van der Waals surface area (Å²) in [4.78, 5) is 4.84. The van der Waals surface area contributed by atoms with Gasteiger partial charge in [0.15, 0.2) is 0 Å². The summed E-state index contributed by atoms with van der Waals surface area (Å²) in [5.41, 5.74) is 18.3. The highest BCUT2D eigenvalue weighted by atomic mass is 32.1. The van der Waals surface area contributed by atoms with E-state index in [1.165, 1.54) is 75.5 Å². The van der Waals surface area contributed by atoms with Crippen LogP contribution in [-0.2, 0) is 0 Å². The smallest absolute Gasteiger partial charge is 0.0540 e. The zero-order valence-corrected chi connectivity index (χ0v) is 40.8. The van der Waals surface area contributed by atoms with E-state index >= 15 is 0 Å². The second kappa shape index (κ2) is 19.1. The molecule has 1 aromatic heterocycles. The SMILES string of the molecule is c1ccc(-c2ccc(N(c3ccc(-c4ccccc4)cc3)c3ccccc3-c3cccc(N(c4ccc(-c5ccccc5)cc4)c4ccc(-c5cccc6sc7ccccc7c56)c5ccccc45)c3)cc2)cc1. The molecule has 3 heteroatoms. The van der Waals surface area contributed by atoms with Crippen LogP contribution in [0, 0.1) is 0 Å². The number of rotatable bonds is 11. The molecule has 0 aliphatic heterocycles. The number of hydrogen-bond donors (Lipinski definition) is 0. The van der Waals surface area contributed by atoms with Gasteiger partial charge in [0.05, 0.1) is 11.4 Å². The number of para-hydroxylation sites is 1. The van der Waals surface area contributed by atoms with Gasteiger partial charge in [-0.2, -0.15) is 0 Å². The van der Waals surface area contributed by atoms with Gasteiger partial charge in [-0.1, -0.05) is 218 Å². The van der Waals surface area contributed by atoms with Gasteiger partial charge in [-0.25, -0.2) is 0 Å². The molecule has 0 radical (unpaired) electrons. The van der Waals surface area contributed by atoms with Crippen LogP contribution >= 0.6 is 11.3 Å². The third-order valence-corrected chi connectivity index (χ3v) is 15.2. The van der Waals surface area contributed by atoms with Crippen molar-refractivity contribution in [3.63, 3.8) is 0 Å². The van der Waals surface area contributed by atoms with E-state index < -0.39 is 0 Å². The first-order valence-corrected chi connectivity index (χ1v) is 25.7. The van der Waals surface area contributed by atoms with Crippen molar-refractivity contribution >= 4 is 76.4 Å². The molecule has 1 heterocycles. The third kappa shape index (κ3) is 8.32. The van der Waals surface area contributed by atoms with Gasteiger partial charge < -0.3 is 9.80 Å². The van der Waals surface area contributed by atoms with E-state index in [-0.39, 0.29) is 0 Å². The summed E-state index contributed by atoms with van der Waals surface area (Å²) in [7, 11) is 0. The Balaban J connectivity index is 0.964. The molecule has 12 aromatic carbocycles. The van der Waals surface area contributed by atoms with Gasteiger partial charge in [0.25, 0.3) is 0 Å². The van der Waals surface area contributed by atoms with Crippen molar-refractivity contribution in [2.45, 2.75) is 0 Å². The van der Waals surface area contributed by atoms with Crippen molar-refractivity contribution in [2.75, 3.05) is 9.80 Å². The van der Waals surface area contributed by atoms with Crippen molar-refractivity contribution in [1.82, 2.24) is 0 Å². The molecule has 0 unspecified atom stereocenters. The quantitative estimate of drug-likeness (QED) is 0.127. The fourth-order valence-corrected chi connectivity index (χ4v) is 11.7. The van der Waals surface area contributed by atoms with Crippen molar-refractivity contribution in [3.05, 3.63) is 291 Å². The lowest BCUT2D eigenvalue weighted by Crippen LogP contribution is -2.12. The Labute approximate surface area is 430 Å².